The smallest absolute Gasteiger partial charge is 0.204 e. The number of halogens is 1. The molecule has 0 unspecified atom stereocenters. The zero-order chi connectivity index (χ0) is 20.1. The van der Waals surface area contributed by atoms with Gasteiger partial charge in [0.1, 0.15) is 5.75 Å². The van der Waals surface area contributed by atoms with E-state index in [0.717, 1.165) is 5.69 Å². The van der Waals surface area contributed by atoms with E-state index in [1.807, 2.05) is 19.0 Å². The zero-order valence-corrected chi connectivity index (χ0v) is 16.8. The van der Waals surface area contributed by atoms with E-state index in [1.54, 1.807) is 37.4 Å². The fraction of sp³-hybridized carbons (Fsp3) is 0.250. The van der Waals surface area contributed by atoms with E-state index >= 15 is 0 Å². The molecule has 0 fully saturated rings. The lowest BCUT2D eigenvalue weighted by Gasteiger charge is -2.16. The average molecular weight is 391 g/mol. The van der Waals surface area contributed by atoms with Crippen molar-refractivity contribution in [3.05, 3.63) is 46.5 Å². The molecule has 0 radical (unpaired) electrons. The Kier molecular flexibility index (Phi) is 6.58. The molecule has 0 heterocycles. The van der Waals surface area contributed by atoms with E-state index in [4.69, 9.17) is 31.5 Å². The first-order valence-corrected chi connectivity index (χ1v) is 8.48. The van der Waals surface area contributed by atoms with E-state index in [1.165, 1.54) is 20.3 Å². The van der Waals surface area contributed by atoms with Gasteiger partial charge in [-0.05, 0) is 30.3 Å². The number of nitrogen functional groups attached to an aromatic ring is 1. The van der Waals surface area contributed by atoms with Gasteiger partial charge in [-0.3, -0.25) is 4.79 Å². The number of carbonyl (C=O) groups is 1. The number of rotatable bonds is 7. The van der Waals surface area contributed by atoms with Crippen molar-refractivity contribution >= 4 is 34.8 Å². The van der Waals surface area contributed by atoms with Crippen LogP contribution >= 0.6 is 11.6 Å². The van der Waals surface area contributed by atoms with Crippen LogP contribution in [0.1, 0.15) is 15.9 Å². The second-order valence-corrected chi connectivity index (χ2v) is 6.35. The Balaban J connectivity index is 2.48. The highest BCUT2D eigenvalue weighted by atomic mass is 35.5. The second kappa shape index (κ2) is 8.68. The fourth-order valence-electron chi connectivity index (χ4n) is 2.60. The van der Waals surface area contributed by atoms with Crippen molar-refractivity contribution in [3.8, 4) is 17.2 Å². The van der Waals surface area contributed by atoms with Gasteiger partial charge in [-0.25, -0.2) is 0 Å². The van der Waals surface area contributed by atoms with Gasteiger partial charge < -0.3 is 24.8 Å². The largest absolute Gasteiger partial charge is 0.497 e. The Bertz CT molecular complexity index is 879. The summed E-state index contributed by atoms with van der Waals surface area (Å²) in [6, 6.07) is 8.43. The monoisotopic (exact) mass is 390 g/mol. The molecule has 7 heteroatoms. The molecule has 0 aliphatic heterocycles. The normalized spacial score (nSPS) is 11.1. The third kappa shape index (κ3) is 4.46. The van der Waals surface area contributed by atoms with Crippen molar-refractivity contribution in [2.75, 3.05) is 46.1 Å². The number of allylic oxidation sites excluding steroid dienone is 1. The molecular weight excluding hydrogens is 368 g/mol. The molecule has 2 N–H and O–H groups in total. The number of methoxy groups -OCH3 is 3. The molecule has 0 aliphatic rings. The molecule has 2 aromatic rings. The van der Waals surface area contributed by atoms with E-state index in [0.29, 0.717) is 34.1 Å². The van der Waals surface area contributed by atoms with Crippen LogP contribution in [0.3, 0.4) is 0 Å². The molecule has 144 valence electrons. The molecule has 6 nitrogen and oxygen atoms in total. The molecule has 0 saturated carbocycles. The summed E-state index contributed by atoms with van der Waals surface area (Å²) in [5.74, 6) is 1.15. The van der Waals surface area contributed by atoms with Crippen LogP contribution in [0.15, 0.2) is 35.4 Å². The van der Waals surface area contributed by atoms with Crippen LogP contribution in [0.4, 0.5) is 11.4 Å². The molecule has 2 rings (SSSR count). The number of ketones is 1. The summed E-state index contributed by atoms with van der Waals surface area (Å²) in [5.41, 5.74) is 8.27. The van der Waals surface area contributed by atoms with Crippen molar-refractivity contribution in [1.82, 2.24) is 0 Å². The van der Waals surface area contributed by atoms with Gasteiger partial charge in [0.2, 0.25) is 5.78 Å². The summed E-state index contributed by atoms with van der Waals surface area (Å²) >= 11 is 6.32. The molecule has 0 bridgehead atoms. The first kappa shape index (κ1) is 20.5. The standard InChI is InChI=1S/C20H23ClN2O4/c1-23(2)17-10-12(6-7-16(17)22)19(24)15(21)9-13-8-14(25-3)11-18(26-4)20(13)27-5/h6-11H,22H2,1-5H3. The lowest BCUT2D eigenvalue weighted by Crippen LogP contribution is -2.12. The number of nitrogens with two attached hydrogens (primary N) is 1. The quantitative estimate of drug-likeness (QED) is 0.440. The molecule has 0 aromatic heterocycles. The van der Waals surface area contributed by atoms with Crippen molar-refractivity contribution in [2.45, 2.75) is 0 Å². The third-order valence-corrected chi connectivity index (χ3v) is 4.27. The number of benzene rings is 2. The SMILES string of the molecule is COc1cc(C=C(Cl)C(=O)c2ccc(N)c(N(C)C)c2)c(OC)c(OC)c1. The minimum atomic E-state index is -0.330. The Labute approximate surface area is 164 Å². The predicted molar refractivity (Wildman–Crippen MR) is 109 cm³/mol. The fourth-order valence-corrected chi connectivity index (χ4v) is 2.83. The van der Waals surface area contributed by atoms with Crippen molar-refractivity contribution in [2.24, 2.45) is 0 Å². The van der Waals surface area contributed by atoms with Crippen molar-refractivity contribution in [3.63, 3.8) is 0 Å². The molecule has 27 heavy (non-hydrogen) atoms. The highest BCUT2D eigenvalue weighted by Crippen LogP contribution is 2.37. The van der Waals surface area contributed by atoms with E-state index in [9.17, 15) is 4.79 Å². The highest BCUT2D eigenvalue weighted by molar-refractivity contribution is 6.47. The van der Waals surface area contributed by atoms with Gasteiger partial charge in [0.05, 0.1) is 37.7 Å². The Morgan fingerprint density at radius 1 is 1.07 bits per heavy atom. The first-order chi connectivity index (χ1) is 12.8. The van der Waals surface area contributed by atoms with Gasteiger partial charge >= 0.3 is 0 Å². The highest BCUT2D eigenvalue weighted by Gasteiger charge is 2.16. The molecule has 0 atom stereocenters. The molecule has 0 saturated heterocycles. The number of ether oxygens (including phenoxy) is 3. The number of carbonyl (C=O) groups excluding carboxylic acids is 1. The molecular formula is C20H23ClN2O4. The van der Waals surface area contributed by atoms with Crippen LogP contribution in [0.25, 0.3) is 6.08 Å². The Morgan fingerprint density at radius 2 is 1.78 bits per heavy atom. The number of nitrogens with zero attached hydrogens (tertiary/aromatic N) is 1. The third-order valence-electron chi connectivity index (χ3n) is 3.99. The number of Topliss-reactive ketones (excluding diaryl/α,β-unsaturated/α-hetero) is 1. The molecule has 0 spiro atoms. The van der Waals surface area contributed by atoms with Crippen molar-refractivity contribution < 1.29 is 19.0 Å². The van der Waals surface area contributed by atoms with E-state index in [2.05, 4.69) is 0 Å². The maximum Gasteiger partial charge on any atom is 0.204 e. The molecule has 2 aromatic carbocycles. The van der Waals surface area contributed by atoms with E-state index < -0.39 is 0 Å². The maximum atomic E-state index is 12.8. The van der Waals surface area contributed by atoms with Crippen LogP contribution in [0.2, 0.25) is 0 Å². The maximum absolute atomic E-state index is 12.8. The predicted octanol–water partition coefficient (Wildman–Crippen LogP) is 3.82. The van der Waals surface area contributed by atoms with Crippen LogP contribution in [-0.4, -0.2) is 41.2 Å². The first-order valence-electron chi connectivity index (χ1n) is 8.11. The van der Waals surface area contributed by atoms with Crippen LogP contribution in [0, 0.1) is 0 Å². The summed E-state index contributed by atoms with van der Waals surface area (Å²) in [7, 11) is 8.28. The number of hydrogen-bond acceptors (Lipinski definition) is 6. The van der Waals surface area contributed by atoms with Gasteiger partial charge in [0.25, 0.3) is 0 Å². The summed E-state index contributed by atoms with van der Waals surface area (Å²) in [4.78, 5) is 14.6. The van der Waals surface area contributed by atoms with Gasteiger partial charge in [-0.15, -0.1) is 0 Å². The lowest BCUT2D eigenvalue weighted by molar-refractivity contribution is 0.104. The zero-order valence-electron chi connectivity index (χ0n) is 16.0. The summed E-state index contributed by atoms with van der Waals surface area (Å²) in [6.45, 7) is 0. The summed E-state index contributed by atoms with van der Waals surface area (Å²) < 4.78 is 16.0. The van der Waals surface area contributed by atoms with Gasteiger partial charge in [0.15, 0.2) is 11.5 Å². The number of anilines is 2. The average Bonchev–Trinajstić information content (AvgIpc) is 2.66. The van der Waals surface area contributed by atoms with Gasteiger partial charge in [0, 0.05) is 31.3 Å². The van der Waals surface area contributed by atoms with Crippen molar-refractivity contribution in [1.29, 1.82) is 0 Å². The summed E-state index contributed by atoms with van der Waals surface area (Å²) in [5, 5.41) is 0.0260. The minimum Gasteiger partial charge on any atom is -0.497 e. The van der Waals surface area contributed by atoms with Gasteiger partial charge in [-0.1, -0.05) is 11.6 Å². The van der Waals surface area contributed by atoms with Crippen LogP contribution in [0.5, 0.6) is 17.2 Å². The van der Waals surface area contributed by atoms with Crippen LogP contribution in [-0.2, 0) is 0 Å². The topological polar surface area (TPSA) is 74.0 Å². The van der Waals surface area contributed by atoms with E-state index in [-0.39, 0.29) is 10.8 Å². The second-order valence-electron chi connectivity index (χ2n) is 5.94. The molecule has 0 aliphatic carbocycles. The Hall–Kier alpha value is -2.86. The number of hydrogen-bond donors (Lipinski definition) is 1. The van der Waals surface area contributed by atoms with Crippen LogP contribution < -0.4 is 24.8 Å². The summed E-state index contributed by atoms with van der Waals surface area (Å²) in [6.07, 6.45) is 1.53. The molecule has 0 amide bonds. The van der Waals surface area contributed by atoms with Gasteiger partial charge in [-0.2, -0.15) is 0 Å². The minimum absolute atomic E-state index is 0.0260. The Morgan fingerprint density at radius 3 is 2.33 bits per heavy atom. The lowest BCUT2D eigenvalue weighted by atomic mass is 10.1.